The highest BCUT2D eigenvalue weighted by Crippen LogP contribution is 2.38. The first-order valence-corrected chi connectivity index (χ1v) is 8.67. The van der Waals surface area contributed by atoms with Crippen molar-refractivity contribution >= 4 is 17.4 Å². The number of aromatic nitrogens is 4. The standard InChI is InChI=1S/C16H21N7O/c1-21(12-6-7-17-16(12)24)11-8-22(9-11)14-5-4-13-18-19-15(10-2-3-10)23(13)20-14/h4-5,10-12H,2-3,6-9H2,1H3,(H,17,24). The topological polar surface area (TPSA) is 78.7 Å². The molecule has 0 bridgehead atoms. The van der Waals surface area contributed by atoms with Crippen LogP contribution in [0.2, 0.25) is 0 Å². The summed E-state index contributed by atoms with van der Waals surface area (Å²) in [6.45, 7) is 2.60. The number of fused-ring (bicyclic) bond motifs is 1. The third-order valence-electron chi connectivity index (χ3n) is 5.49. The molecule has 24 heavy (non-hydrogen) atoms. The van der Waals surface area contributed by atoms with Gasteiger partial charge in [-0.25, -0.2) is 0 Å². The molecule has 0 aromatic carbocycles. The molecule has 8 heteroatoms. The largest absolute Gasteiger partial charge is 0.355 e. The van der Waals surface area contributed by atoms with E-state index in [1.807, 2.05) is 16.6 Å². The Morgan fingerprint density at radius 3 is 2.75 bits per heavy atom. The summed E-state index contributed by atoms with van der Waals surface area (Å²) in [6.07, 6.45) is 3.28. The molecule has 3 aliphatic rings. The van der Waals surface area contributed by atoms with Crippen LogP contribution in [0.4, 0.5) is 5.82 Å². The van der Waals surface area contributed by atoms with Gasteiger partial charge < -0.3 is 10.2 Å². The van der Waals surface area contributed by atoms with Gasteiger partial charge in [0.15, 0.2) is 11.5 Å². The lowest BCUT2D eigenvalue weighted by Gasteiger charge is -2.46. The van der Waals surface area contributed by atoms with Crippen molar-refractivity contribution in [1.29, 1.82) is 0 Å². The van der Waals surface area contributed by atoms with E-state index in [-0.39, 0.29) is 11.9 Å². The van der Waals surface area contributed by atoms with Crippen LogP contribution < -0.4 is 10.2 Å². The fourth-order valence-electron chi connectivity index (χ4n) is 3.68. The van der Waals surface area contributed by atoms with Crippen LogP contribution in [0.15, 0.2) is 12.1 Å². The molecule has 5 rings (SSSR count). The molecule has 2 aromatic heterocycles. The van der Waals surface area contributed by atoms with Gasteiger partial charge in [-0.1, -0.05) is 0 Å². The Balaban J connectivity index is 1.31. The van der Waals surface area contributed by atoms with Crippen LogP contribution in [0.25, 0.3) is 5.65 Å². The fourth-order valence-corrected chi connectivity index (χ4v) is 3.68. The van der Waals surface area contributed by atoms with Crippen LogP contribution in [-0.2, 0) is 4.79 Å². The van der Waals surface area contributed by atoms with Gasteiger partial charge in [-0.3, -0.25) is 9.69 Å². The molecule has 0 radical (unpaired) electrons. The smallest absolute Gasteiger partial charge is 0.237 e. The minimum atomic E-state index is 0.0203. The van der Waals surface area contributed by atoms with E-state index < -0.39 is 0 Å². The SMILES string of the molecule is CN(C1CN(c2ccc3nnc(C4CC4)n3n2)C1)C1CCNC1=O. The summed E-state index contributed by atoms with van der Waals surface area (Å²) in [6, 6.07) is 4.43. The summed E-state index contributed by atoms with van der Waals surface area (Å²) in [5.74, 6) is 2.64. The summed E-state index contributed by atoms with van der Waals surface area (Å²) in [5.41, 5.74) is 0.817. The van der Waals surface area contributed by atoms with Gasteiger partial charge >= 0.3 is 0 Å². The quantitative estimate of drug-likeness (QED) is 0.852. The Hall–Kier alpha value is -2.22. The Morgan fingerprint density at radius 2 is 2.04 bits per heavy atom. The summed E-state index contributed by atoms with van der Waals surface area (Å²) < 4.78 is 1.90. The van der Waals surface area contributed by atoms with E-state index in [9.17, 15) is 4.79 Å². The van der Waals surface area contributed by atoms with Crippen LogP contribution in [0.1, 0.15) is 31.0 Å². The molecule has 1 amide bonds. The molecule has 1 atom stereocenters. The number of nitrogens with one attached hydrogen (secondary N) is 1. The third kappa shape index (κ3) is 2.16. The highest BCUT2D eigenvalue weighted by Gasteiger charge is 2.38. The minimum Gasteiger partial charge on any atom is -0.355 e. The number of likely N-dealkylation sites (N-methyl/N-ethyl adjacent to an activating group) is 1. The van der Waals surface area contributed by atoms with Crippen LogP contribution in [0, 0.1) is 0 Å². The summed E-state index contributed by atoms with van der Waals surface area (Å²) in [7, 11) is 2.05. The second kappa shape index (κ2) is 5.14. The van der Waals surface area contributed by atoms with Crippen molar-refractivity contribution in [3.8, 4) is 0 Å². The fraction of sp³-hybridized carbons (Fsp3) is 0.625. The Kier molecular flexibility index (Phi) is 3.03. The first kappa shape index (κ1) is 14.2. The second-order valence-electron chi connectivity index (χ2n) is 7.11. The van der Waals surface area contributed by atoms with Crippen LogP contribution in [0.5, 0.6) is 0 Å². The summed E-state index contributed by atoms with van der Waals surface area (Å²) in [5, 5.41) is 16.1. The molecule has 1 saturated carbocycles. The minimum absolute atomic E-state index is 0.0203. The van der Waals surface area contributed by atoms with E-state index in [0.29, 0.717) is 12.0 Å². The van der Waals surface area contributed by atoms with Crippen molar-refractivity contribution in [3.63, 3.8) is 0 Å². The number of amides is 1. The molecule has 126 valence electrons. The maximum absolute atomic E-state index is 11.8. The van der Waals surface area contributed by atoms with Gasteiger partial charge in [0.1, 0.15) is 5.82 Å². The number of carbonyl (C=O) groups excluding carboxylic acids is 1. The average Bonchev–Trinajstić information content (AvgIpc) is 3.14. The van der Waals surface area contributed by atoms with E-state index in [1.165, 1.54) is 12.8 Å². The van der Waals surface area contributed by atoms with E-state index in [4.69, 9.17) is 5.10 Å². The maximum atomic E-state index is 11.8. The van der Waals surface area contributed by atoms with Crippen molar-refractivity contribution in [2.24, 2.45) is 0 Å². The van der Waals surface area contributed by atoms with Gasteiger partial charge in [-0.2, -0.15) is 4.52 Å². The van der Waals surface area contributed by atoms with E-state index in [0.717, 1.165) is 43.3 Å². The van der Waals surface area contributed by atoms with Gasteiger partial charge in [0.25, 0.3) is 0 Å². The van der Waals surface area contributed by atoms with E-state index in [1.54, 1.807) is 0 Å². The van der Waals surface area contributed by atoms with Crippen molar-refractivity contribution in [2.45, 2.75) is 37.3 Å². The van der Waals surface area contributed by atoms with Crippen molar-refractivity contribution in [3.05, 3.63) is 18.0 Å². The lowest BCUT2D eigenvalue weighted by atomic mass is 10.0. The highest BCUT2D eigenvalue weighted by molar-refractivity contribution is 5.83. The number of nitrogens with zero attached hydrogens (tertiary/aromatic N) is 6. The number of rotatable bonds is 4. The zero-order chi connectivity index (χ0) is 16.3. The molecule has 2 saturated heterocycles. The normalized spacial score (nSPS) is 24.7. The van der Waals surface area contributed by atoms with Gasteiger partial charge in [0.05, 0.1) is 6.04 Å². The molecule has 8 nitrogen and oxygen atoms in total. The highest BCUT2D eigenvalue weighted by atomic mass is 16.2. The first-order chi connectivity index (χ1) is 11.7. The van der Waals surface area contributed by atoms with Crippen LogP contribution in [0.3, 0.4) is 0 Å². The molecule has 1 N–H and O–H groups in total. The summed E-state index contributed by atoms with van der Waals surface area (Å²) >= 11 is 0. The Bertz CT molecular complexity index is 793. The zero-order valence-corrected chi connectivity index (χ0v) is 13.7. The van der Waals surface area contributed by atoms with Crippen LogP contribution in [-0.4, -0.2) is 69.4 Å². The molecular weight excluding hydrogens is 306 g/mol. The van der Waals surface area contributed by atoms with Crippen molar-refractivity contribution < 1.29 is 4.79 Å². The molecule has 1 aliphatic carbocycles. The average molecular weight is 327 g/mol. The van der Waals surface area contributed by atoms with E-state index >= 15 is 0 Å². The molecule has 0 spiro atoms. The Labute approximate surface area is 139 Å². The van der Waals surface area contributed by atoms with Gasteiger partial charge in [-0.15, -0.1) is 15.3 Å². The number of hydrogen-bond acceptors (Lipinski definition) is 6. The van der Waals surface area contributed by atoms with Gasteiger partial charge in [0, 0.05) is 31.6 Å². The van der Waals surface area contributed by atoms with Crippen molar-refractivity contribution in [2.75, 3.05) is 31.6 Å². The van der Waals surface area contributed by atoms with E-state index in [2.05, 4.69) is 32.4 Å². The number of carbonyl (C=O) groups is 1. The maximum Gasteiger partial charge on any atom is 0.237 e. The molecular formula is C16H21N7O. The number of anilines is 1. The molecule has 4 heterocycles. The lowest BCUT2D eigenvalue weighted by molar-refractivity contribution is -0.124. The zero-order valence-electron chi connectivity index (χ0n) is 13.7. The van der Waals surface area contributed by atoms with Crippen molar-refractivity contribution in [1.82, 2.24) is 30.0 Å². The summed E-state index contributed by atoms with van der Waals surface area (Å²) in [4.78, 5) is 16.3. The molecule has 2 aromatic rings. The molecule has 3 fully saturated rings. The third-order valence-corrected chi connectivity index (χ3v) is 5.49. The van der Waals surface area contributed by atoms with Gasteiger partial charge in [0.2, 0.25) is 5.91 Å². The lowest BCUT2D eigenvalue weighted by Crippen LogP contribution is -2.61. The predicted octanol–water partition coefficient (Wildman–Crippen LogP) is 0.0106. The predicted molar refractivity (Wildman–Crippen MR) is 87.9 cm³/mol. The van der Waals surface area contributed by atoms with Crippen LogP contribution >= 0.6 is 0 Å². The monoisotopic (exact) mass is 327 g/mol. The molecule has 2 aliphatic heterocycles. The van der Waals surface area contributed by atoms with Gasteiger partial charge in [-0.05, 0) is 38.4 Å². The Morgan fingerprint density at radius 1 is 1.21 bits per heavy atom. The first-order valence-electron chi connectivity index (χ1n) is 8.67. The number of hydrogen-bond donors (Lipinski definition) is 1. The molecule has 1 unspecified atom stereocenters. The second-order valence-corrected chi connectivity index (χ2v) is 7.11.